The van der Waals surface area contributed by atoms with E-state index in [1.54, 1.807) is 6.07 Å². The van der Waals surface area contributed by atoms with Crippen LogP contribution < -0.4 is 0 Å². The van der Waals surface area contributed by atoms with Crippen LogP contribution in [0, 0.1) is 0 Å². The molecular weight excluding hydrogens is 496 g/mol. The van der Waals surface area contributed by atoms with Crippen molar-refractivity contribution in [2.45, 2.75) is 52.1 Å². The van der Waals surface area contributed by atoms with Gasteiger partial charge in [0.05, 0.1) is 6.10 Å². The molecule has 0 aliphatic heterocycles. The van der Waals surface area contributed by atoms with Crippen molar-refractivity contribution in [2.24, 2.45) is 0 Å². The van der Waals surface area contributed by atoms with Crippen LogP contribution in [-0.2, 0) is 0 Å². The molecule has 1 atom stereocenters. The quantitative estimate of drug-likeness (QED) is 0.268. The van der Waals surface area contributed by atoms with E-state index in [-0.39, 0.29) is 12.4 Å². The molecule has 0 fully saturated rings. The Hall–Kier alpha value is -1.000. The summed E-state index contributed by atoms with van der Waals surface area (Å²) >= 11 is 19.0. The lowest BCUT2D eigenvalue weighted by Gasteiger charge is -2.24. The Labute approximate surface area is 219 Å². The number of aliphatic hydroxyl groups excluding tert-OH is 1. The summed E-state index contributed by atoms with van der Waals surface area (Å²) in [5.74, 6) is 0. The molecule has 1 unspecified atom stereocenters. The molecule has 1 N–H and O–H groups in total. The minimum atomic E-state index is -0.606. The molecule has 0 saturated heterocycles. The Morgan fingerprint density at radius 2 is 1.39 bits per heavy atom. The molecule has 2 nitrogen and oxygen atoms in total. The molecule has 0 aliphatic rings. The Morgan fingerprint density at radius 1 is 0.758 bits per heavy atom. The second kappa shape index (κ2) is 13.8. The van der Waals surface area contributed by atoms with Crippen LogP contribution in [0.3, 0.4) is 0 Å². The zero-order chi connectivity index (χ0) is 23.1. The predicted molar refractivity (Wildman–Crippen MR) is 147 cm³/mol. The molecule has 33 heavy (non-hydrogen) atoms. The first-order valence-electron chi connectivity index (χ1n) is 11.5. The number of unbranched alkanes of at least 4 members (excludes halogenated alkanes) is 2. The molecule has 0 spiro atoms. The Morgan fingerprint density at radius 3 is 2.00 bits per heavy atom. The topological polar surface area (TPSA) is 23.5 Å². The minimum absolute atomic E-state index is 0. The maximum Gasteiger partial charge on any atom is 0.0808 e. The molecule has 180 valence electrons. The van der Waals surface area contributed by atoms with Crippen molar-refractivity contribution in [1.29, 1.82) is 0 Å². The minimum Gasteiger partial charge on any atom is -0.388 e. The van der Waals surface area contributed by atoms with Gasteiger partial charge in [0.25, 0.3) is 0 Å². The number of rotatable bonds is 11. The zero-order valence-corrected chi connectivity index (χ0v) is 22.4. The van der Waals surface area contributed by atoms with Crippen molar-refractivity contribution in [3.8, 4) is 11.1 Å². The maximum absolute atomic E-state index is 11.3. The van der Waals surface area contributed by atoms with E-state index in [0.717, 1.165) is 47.1 Å². The van der Waals surface area contributed by atoms with Gasteiger partial charge in [0.15, 0.2) is 0 Å². The first kappa shape index (κ1) is 28.2. The van der Waals surface area contributed by atoms with E-state index in [2.05, 4.69) is 30.9 Å². The molecule has 0 aliphatic carbocycles. The summed E-state index contributed by atoms with van der Waals surface area (Å²) in [5.41, 5.74) is 2.90. The standard InChI is InChI=1S/C27H32Cl3NO.ClH/c1-3-5-12-31(13-6-4-2)14-11-27(32)25-16-20(19-7-9-21(28)10-8-19)15-24-23(25)17-22(29)18-26(24)30;/h7-10,15-18,27,32H,3-6,11-14H2,1-2H3;1H. The average molecular weight is 529 g/mol. The third kappa shape index (κ3) is 7.75. The van der Waals surface area contributed by atoms with Crippen molar-refractivity contribution in [3.05, 3.63) is 69.2 Å². The number of fused-ring (bicyclic) bond motifs is 1. The van der Waals surface area contributed by atoms with Crippen LogP contribution in [0.5, 0.6) is 0 Å². The van der Waals surface area contributed by atoms with Gasteiger partial charge < -0.3 is 10.0 Å². The Balaban J connectivity index is 0.00000385. The largest absolute Gasteiger partial charge is 0.388 e. The van der Waals surface area contributed by atoms with Gasteiger partial charge in [-0.05, 0) is 90.8 Å². The van der Waals surface area contributed by atoms with Crippen molar-refractivity contribution in [1.82, 2.24) is 4.90 Å². The van der Waals surface area contributed by atoms with E-state index < -0.39 is 6.10 Å². The number of hydrogen-bond donors (Lipinski definition) is 1. The van der Waals surface area contributed by atoms with Gasteiger partial charge in [-0.3, -0.25) is 0 Å². The van der Waals surface area contributed by atoms with Crippen LogP contribution in [0.2, 0.25) is 15.1 Å². The van der Waals surface area contributed by atoms with E-state index in [9.17, 15) is 5.11 Å². The monoisotopic (exact) mass is 527 g/mol. The summed E-state index contributed by atoms with van der Waals surface area (Å²) in [5, 5.41) is 14.9. The van der Waals surface area contributed by atoms with Crippen molar-refractivity contribution in [3.63, 3.8) is 0 Å². The molecule has 3 aromatic rings. The fraction of sp³-hybridized carbons (Fsp3) is 0.407. The molecule has 6 heteroatoms. The summed E-state index contributed by atoms with van der Waals surface area (Å²) in [6.45, 7) is 7.45. The lowest BCUT2D eigenvalue weighted by atomic mass is 9.93. The predicted octanol–water partition coefficient (Wildman–Crippen LogP) is 9.21. The highest BCUT2D eigenvalue weighted by atomic mass is 35.5. The molecule has 0 bridgehead atoms. The van der Waals surface area contributed by atoms with Gasteiger partial charge in [-0.1, -0.05) is 73.6 Å². The summed E-state index contributed by atoms with van der Waals surface area (Å²) in [6, 6.07) is 15.5. The van der Waals surface area contributed by atoms with Crippen molar-refractivity contribution in [2.75, 3.05) is 19.6 Å². The van der Waals surface area contributed by atoms with Gasteiger partial charge >= 0.3 is 0 Å². The number of aliphatic hydroxyl groups is 1. The van der Waals surface area contributed by atoms with Crippen molar-refractivity contribution >= 4 is 58.0 Å². The first-order valence-corrected chi connectivity index (χ1v) is 12.6. The van der Waals surface area contributed by atoms with Crippen LogP contribution in [0.4, 0.5) is 0 Å². The van der Waals surface area contributed by atoms with Gasteiger partial charge in [-0.2, -0.15) is 0 Å². The van der Waals surface area contributed by atoms with Crippen molar-refractivity contribution < 1.29 is 5.11 Å². The molecule has 0 saturated carbocycles. The van der Waals surface area contributed by atoms with Crippen LogP contribution in [0.1, 0.15) is 57.6 Å². The molecule has 0 amide bonds. The number of halogens is 4. The Bertz CT molecular complexity index is 1010. The van der Waals surface area contributed by atoms with Gasteiger partial charge in [0, 0.05) is 27.0 Å². The van der Waals surface area contributed by atoms with Gasteiger partial charge in [-0.15, -0.1) is 12.4 Å². The number of benzene rings is 3. The summed E-state index contributed by atoms with van der Waals surface area (Å²) in [4.78, 5) is 2.47. The van der Waals surface area contributed by atoms with Gasteiger partial charge in [0.2, 0.25) is 0 Å². The maximum atomic E-state index is 11.3. The van der Waals surface area contributed by atoms with Crippen LogP contribution in [0.15, 0.2) is 48.5 Å². The van der Waals surface area contributed by atoms with E-state index in [1.165, 1.54) is 25.7 Å². The number of nitrogens with zero attached hydrogens (tertiary/aromatic N) is 1. The van der Waals surface area contributed by atoms with Gasteiger partial charge in [-0.25, -0.2) is 0 Å². The average Bonchev–Trinajstić information content (AvgIpc) is 2.78. The molecule has 0 radical (unpaired) electrons. The first-order chi connectivity index (χ1) is 15.4. The van der Waals surface area contributed by atoms with E-state index in [1.807, 2.05) is 30.3 Å². The van der Waals surface area contributed by atoms with Gasteiger partial charge in [0.1, 0.15) is 0 Å². The van der Waals surface area contributed by atoms with Crippen LogP contribution in [-0.4, -0.2) is 29.6 Å². The fourth-order valence-electron chi connectivity index (χ4n) is 4.06. The summed E-state index contributed by atoms with van der Waals surface area (Å²) in [6.07, 6.45) is 4.77. The Kier molecular flexibility index (Phi) is 11.8. The highest BCUT2D eigenvalue weighted by molar-refractivity contribution is 6.39. The molecule has 3 aromatic carbocycles. The van der Waals surface area contributed by atoms with Crippen LogP contribution >= 0.6 is 47.2 Å². The normalized spacial score (nSPS) is 12.2. The van der Waals surface area contributed by atoms with E-state index in [4.69, 9.17) is 34.8 Å². The van der Waals surface area contributed by atoms with Crippen LogP contribution in [0.25, 0.3) is 21.9 Å². The SMILES string of the molecule is CCCCN(CCCC)CCC(O)c1cc(-c2ccc(Cl)cc2)cc2c(Cl)cc(Cl)cc12.Cl. The third-order valence-corrected chi connectivity index (χ3v) is 6.71. The summed E-state index contributed by atoms with van der Waals surface area (Å²) < 4.78 is 0. The number of hydrogen-bond acceptors (Lipinski definition) is 2. The summed E-state index contributed by atoms with van der Waals surface area (Å²) in [7, 11) is 0. The lowest BCUT2D eigenvalue weighted by Crippen LogP contribution is -2.28. The third-order valence-electron chi connectivity index (χ3n) is 5.93. The molecule has 0 heterocycles. The fourth-order valence-corrected chi connectivity index (χ4v) is 4.73. The molecule has 0 aromatic heterocycles. The lowest BCUT2D eigenvalue weighted by molar-refractivity contribution is 0.142. The second-order valence-corrected chi connectivity index (χ2v) is 9.69. The smallest absolute Gasteiger partial charge is 0.0808 e. The molecular formula is C27H33Cl4NO. The van der Waals surface area contributed by atoms with E-state index in [0.29, 0.717) is 21.5 Å². The van der Waals surface area contributed by atoms with E-state index >= 15 is 0 Å². The highest BCUT2D eigenvalue weighted by Gasteiger charge is 2.17. The second-order valence-electron chi connectivity index (χ2n) is 8.41. The zero-order valence-electron chi connectivity index (χ0n) is 19.3. The highest BCUT2D eigenvalue weighted by Crippen LogP contribution is 2.37. The molecule has 3 rings (SSSR count).